The fourth-order valence-corrected chi connectivity index (χ4v) is 2.37. The van der Waals surface area contributed by atoms with Gasteiger partial charge in [0, 0.05) is 17.8 Å². The molecule has 1 aliphatic rings. The lowest BCUT2D eigenvalue weighted by Gasteiger charge is -2.21. The van der Waals surface area contributed by atoms with E-state index in [1.807, 2.05) is 0 Å². The minimum Gasteiger partial charge on any atom is -0.384 e. The smallest absolute Gasteiger partial charge is 0.0452 e. The normalized spacial score (nSPS) is 14.0. The average Bonchev–Trinajstić information content (AvgIpc) is 2.39. The summed E-state index contributed by atoms with van der Waals surface area (Å²) in [6.45, 7) is 1.09. The lowest BCUT2D eigenvalue weighted by molar-refractivity contribution is 0.831. The number of hydrogen-bond donors (Lipinski definition) is 1. The predicted octanol–water partition coefficient (Wildman–Crippen LogP) is 3.71. The Hall–Kier alpha value is -1.76. The van der Waals surface area contributed by atoms with Crippen LogP contribution in [0.5, 0.6) is 0 Å². The molecule has 0 bridgehead atoms. The zero-order valence-corrected chi connectivity index (χ0v) is 9.24. The van der Waals surface area contributed by atoms with Crippen LogP contribution in [0.3, 0.4) is 0 Å². The molecule has 0 radical (unpaired) electrons. The molecule has 1 heteroatoms. The summed E-state index contributed by atoms with van der Waals surface area (Å²) in [5.74, 6) is 0. The van der Waals surface area contributed by atoms with E-state index in [1.54, 1.807) is 0 Å². The van der Waals surface area contributed by atoms with Crippen LogP contribution in [-0.2, 0) is 6.42 Å². The Labute approximate surface area is 96.1 Å². The molecule has 0 spiro atoms. The van der Waals surface area contributed by atoms with Crippen molar-refractivity contribution in [2.75, 3.05) is 11.9 Å². The first kappa shape index (κ1) is 9.46. The SMILES string of the molecule is c1ccc(-c2cccc3c2NCCC3)cc1. The van der Waals surface area contributed by atoms with Crippen LogP contribution < -0.4 is 5.32 Å². The van der Waals surface area contributed by atoms with Crippen molar-refractivity contribution in [3.05, 3.63) is 54.1 Å². The Balaban J connectivity index is 2.14. The summed E-state index contributed by atoms with van der Waals surface area (Å²) in [7, 11) is 0. The maximum absolute atomic E-state index is 3.53. The molecule has 0 amide bonds. The fraction of sp³-hybridized carbons (Fsp3) is 0.200. The van der Waals surface area contributed by atoms with Gasteiger partial charge < -0.3 is 5.32 Å². The maximum Gasteiger partial charge on any atom is 0.0452 e. The molecule has 2 aromatic rings. The van der Waals surface area contributed by atoms with Crippen molar-refractivity contribution in [2.45, 2.75) is 12.8 Å². The molecule has 0 aromatic heterocycles. The van der Waals surface area contributed by atoms with Crippen molar-refractivity contribution >= 4 is 5.69 Å². The van der Waals surface area contributed by atoms with E-state index in [2.05, 4.69) is 53.8 Å². The van der Waals surface area contributed by atoms with Crippen LogP contribution in [0.25, 0.3) is 11.1 Å². The van der Waals surface area contributed by atoms with Crippen molar-refractivity contribution in [1.29, 1.82) is 0 Å². The molecule has 3 rings (SSSR count). The third-order valence-corrected chi connectivity index (χ3v) is 3.16. The van der Waals surface area contributed by atoms with Gasteiger partial charge in [0.25, 0.3) is 0 Å². The van der Waals surface area contributed by atoms with Gasteiger partial charge >= 0.3 is 0 Å². The molecule has 1 nitrogen and oxygen atoms in total. The number of anilines is 1. The van der Waals surface area contributed by atoms with Gasteiger partial charge in [0.05, 0.1) is 0 Å². The number of aryl methyl sites for hydroxylation is 1. The highest BCUT2D eigenvalue weighted by Crippen LogP contribution is 2.33. The van der Waals surface area contributed by atoms with Crippen LogP contribution in [0.4, 0.5) is 5.69 Å². The highest BCUT2D eigenvalue weighted by Gasteiger charge is 2.12. The number of hydrogen-bond acceptors (Lipinski definition) is 1. The first-order valence-electron chi connectivity index (χ1n) is 5.86. The van der Waals surface area contributed by atoms with Gasteiger partial charge in [0.2, 0.25) is 0 Å². The molecule has 0 unspecified atom stereocenters. The first-order chi connectivity index (χ1) is 7.95. The second-order valence-electron chi connectivity index (χ2n) is 4.24. The Kier molecular flexibility index (Phi) is 2.37. The van der Waals surface area contributed by atoms with E-state index >= 15 is 0 Å². The van der Waals surface area contributed by atoms with Gasteiger partial charge in [-0.2, -0.15) is 0 Å². The number of benzene rings is 2. The molecule has 80 valence electrons. The number of nitrogens with one attached hydrogen (secondary N) is 1. The van der Waals surface area contributed by atoms with E-state index in [9.17, 15) is 0 Å². The monoisotopic (exact) mass is 209 g/mol. The molecule has 0 atom stereocenters. The zero-order valence-electron chi connectivity index (χ0n) is 9.24. The van der Waals surface area contributed by atoms with Gasteiger partial charge in [-0.3, -0.25) is 0 Å². The Morgan fingerprint density at radius 2 is 1.75 bits per heavy atom. The van der Waals surface area contributed by atoms with Crippen LogP contribution >= 0.6 is 0 Å². The number of para-hydroxylation sites is 1. The summed E-state index contributed by atoms with van der Waals surface area (Å²) in [4.78, 5) is 0. The van der Waals surface area contributed by atoms with Crippen molar-refractivity contribution in [3.8, 4) is 11.1 Å². The molecular weight excluding hydrogens is 194 g/mol. The van der Waals surface area contributed by atoms with Gasteiger partial charge in [-0.25, -0.2) is 0 Å². The van der Waals surface area contributed by atoms with E-state index in [-0.39, 0.29) is 0 Å². The predicted molar refractivity (Wildman–Crippen MR) is 68.7 cm³/mol. The van der Waals surface area contributed by atoms with E-state index in [0.29, 0.717) is 0 Å². The first-order valence-corrected chi connectivity index (χ1v) is 5.86. The molecule has 0 saturated heterocycles. The van der Waals surface area contributed by atoms with Crippen LogP contribution in [0.15, 0.2) is 48.5 Å². The quantitative estimate of drug-likeness (QED) is 0.755. The highest BCUT2D eigenvalue weighted by molar-refractivity contribution is 5.80. The molecule has 2 aromatic carbocycles. The number of fused-ring (bicyclic) bond motifs is 1. The van der Waals surface area contributed by atoms with Crippen LogP contribution in [-0.4, -0.2) is 6.54 Å². The van der Waals surface area contributed by atoms with Gasteiger partial charge in [-0.05, 0) is 24.0 Å². The molecule has 16 heavy (non-hydrogen) atoms. The Morgan fingerprint density at radius 1 is 0.875 bits per heavy atom. The molecule has 0 saturated carbocycles. The highest BCUT2D eigenvalue weighted by atomic mass is 14.9. The Bertz CT molecular complexity index is 488. The lowest BCUT2D eigenvalue weighted by atomic mass is 9.95. The largest absolute Gasteiger partial charge is 0.384 e. The molecule has 1 N–H and O–H groups in total. The second-order valence-corrected chi connectivity index (χ2v) is 4.24. The molecule has 1 aliphatic heterocycles. The summed E-state index contributed by atoms with van der Waals surface area (Å²) >= 11 is 0. The standard InChI is InChI=1S/C15H15N/c1-2-6-12(7-3-1)14-10-4-8-13-9-5-11-16-15(13)14/h1-4,6-8,10,16H,5,9,11H2. The molecule has 1 heterocycles. The average molecular weight is 209 g/mol. The second kappa shape index (κ2) is 4.01. The molecular formula is C15H15N. The van der Waals surface area contributed by atoms with E-state index in [4.69, 9.17) is 0 Å². The summed E-state index contributed by atoms with van der Waals surface area (Å²) < 4.78 is 0. The lowest BCUT2D eigenvalue weighted by Crippen LogP contribution is -2.12. The number of rotatable bonds is 1. The van der Waals surface area contributed by atoms with E-state index in [0.717, 1.165) is 6.54 Å². The summed E-state index contributed by atoms with van der Waals surface area (Å²) in [5, 5.41) is 3.53. The third kappa shape index (κ3) is 1.58. The van der Waals surface area contributed by atoms with Crippen LogP contribution in [0.2, 0.25) is 0 Å². The summed E-state index contributed by atoms with van der Waals surface area (Å²) in [5.41, 5.74) is 5.42. The van der Waals surface area contributed by atoms with E-state index < -0.39 is 0 Å². The van der Waals surface area contributed by atoms with Gasteiger partial charge in [0.1, 0.15) is 0 Å². The topological polar surface area (TPSA) is 12.0 Å². The molecule has 0 aliphatic carbocycles. The van der Waals surface area contributed by atoms with Crippen LogP contribution in [0, 0.1) is 0 Å². The van der Waals surface area contributed by atoms with Crippen molar-refractivity contribution in [3.63, 3.8) is 0 Å². The summed E-state index contributed by atoms with van der Waals surface area (Å²) in [6, 6.07) is 17.2. The molecule has 0 fully saturated rings. The minimum atomic E-state index is 1.09. The maximum atomic E-state index is 3.53. The Morgan fingerprint density at radius 3 is 2.62 bits per heavy atom. The van der Waals surface area contributed by atoms with Crippen molar-refractivity contribution in [2.24, 2.45) is 0 Å². The zero-order chi connectivity index (χ0) is 10.8. The van der Waals surface area contributed by atoms with Crippen LogP contribution in [0.1, 0.15) is 12.0 Å². The van der Waals surface area contributed by atoms with E-state index in [1.165, 1.54) is 35.2 Å². The minimum absolute atomic E-state index is 1.09. The third-order valence-electron chi connectivity index (χ3n) is 3.16. The summed E-state index contributed by atoms with van der Waals surface area (Å²) in [6.07, 6.45) is 2.44. The van der Waals surface area contributed by atoms with Gasteiger partial charge in [-0.1, -0.05) is 48.5 Å². The van der Waals surface area contributed by atoms with Gasteiger partial charge in [0.15, 0.2) is 0 Å². The van der Waals surface area contributed by atoms with Crippen molar-refractivity contribution < 1.29 is 0 Å². The van der Waals surface area contributed by atoms with Crippen molar-refractivity contribution in [1.82, 2.24) is 0 Å². The fourth-order valence-electron chi connectivity index (χ4n) is 2.37. The van der Waals surface area contributed by atoms with Gasteiger partial charge in [-0.15, -0.1) is 0 Å².